The second kappa shape index (κ2) is 8.23. The highest BCUT2D eigenvalue weighted by atomic mass is 16.5. The Morgan fingerprint density at radius 3 is 2.61 bits per heavy atom. The van der Waals surface area contributed by atoms with Crippen LogP contribution in [0.15, 0.2) is 72.8 Å². The summed E-state index contributed by atoms with van der Waals surface area (Å²) in [5, 5.41) is 5.00. The lowest BCUT2D eigenvalue weighted by Crippen LogP contribution is -2.49. The maximum atomic E-state index is 12.7. The van der Waals surface area contributed by atoms with Crippen molar-refractivity contribution in [3.63, 3.8) is 0 Å². The Kier molecular flexibility index (Phi) is 5.35. The minimum atomic E-state index is -0.580. The number of hydrogen-bond acceptors (Lipinski definition) is 4. The smallest absolute Gasteiger partial charge is 0.323 e. The van der Waals surface area contributed by atoms with Gasteiger partial charge in [-0.05, 0) is 17.0 Å². The molecule has 5 heteroatoms. The number of carbonyl (C=O) groups excluding carboxylic acids is 2. The molecule has 4 rings (SSSR count). The van der Waals surface area contributed by atoms with Crippen molar-refractivity contribution in [3.05, 3.63) is 78.4 Å². The second-order valence-electron chi connectivity index (χ2n) is 6.92. The van der Waals surface area contributed by atoms with Crippen LogP contribution in [0, 0.1) is 0 Å². The highest BCUT2D eigenvalue weighted by Crippen LogP contribution is 2.24. The molecule has 1 fully saturated rings. The zero-order valence-corrected chi connectivity index (χ0v) is 15.5. The molecule has 0 unspecified atom stereocenters. The molecular formula is C23H22N2O3. The predicted molar refractivity (Wildman–Crippen MR) is 109 cm³/mol. The summed E-state index contributed by atoms with van der Waals surface area (Å²) in [7, 11) is 0. The molecule has 142 valence electrons. The fourth-order valence-electron chi connectivity index (χ4n) is 3.60. The number of cyclic esters (lactones) is 1. The lowest BCUT2D eigenvalue weighted by atomic mass is 10.1. The van der Waals surface area contributed by atoms with Crippen LogP contribution < -0.4 is 5.32 Å². The van der Waals surface area contributed by atoms with Gasteiger partial charge in [0.15, 0.2) is 0 Å². The maximum absolute atomic E-state index is 12.7. The molecule has 1 aliphatic rings. The monoisotopic (exact) mass is 374 g/mol. The van der Waals surface area contributed by atoms with Gasteiger partial charge in [-0.2, -0.15) is 0 Å². The average molecular weight is 374 g/mol. The van der Waals surface area contributed by atoms with Crippen LogP contribution in [0.1, 0.15) is 12.0 Å². The summed E-state index contributed by atoms with van der Waals surface area (Å²) in [6.07, 6.45) is 0.0644. The number of anilines is 1. The van der Waals surface area contributed by atoms with Gasteiger partial charge in [0.1, 0.15) is 12.6 Å². The van der Waals surface area contributed by atoms with E-state index in [1.807, 2.05) is 77.7 Å². The number of fused-ring (bicyclic) bond motifs is 1. The van der Waals surface area contributed by atoms with Gasteiger partial charge in [-0.1, -0.05) is 66.7 Å². The van der Waals surface area contributed by atoms with Gasteiger partial charge < -0.3 is 10.1 Å². The van der Waals surface area contributed by atoms with Crippen molar-refractivity contribution in [1.29, 1.82) is 0 Å². The molecule has 5 nitrogen and oxygen atoms in total. The van der Waals surface area contributed by atoms with Crippen LogP contribution in [0.3, 0.4) is 0 Å². The van der Waals surface area contributed by atoms with E-state index in [1.165, 1.54) is 0 Å². The largest absolute Gasteiger partial charge is 0.463 e. The summed E-state index contributed by atoms with van der Waals surface area (Å²) in [6.45, 7) is 1.59. The summed E-state index contributed by atoms with van der Waals surface area (Å²) in [4.78, 5) is 27.1. The van der Waals surface area contributed by atoms with Gasteiger partial charge in [-0.3, -0.25) is 14.5 Å². The number of benzene rings is 3. The Labute approximate surface area is 163 Å². The highest BCUT2D eigenvalue weighted by Gasteiger charge is 2.33. The summed E-state index contributed by atoms with van der Waals surface area (Å²) in [5.41, 5.74) is 1.86. The molecule has 0 aliphatic carbocycles. The van der Waals surface area contributed by atoms with E-state index in [9.17, 15) is 9.59 Å². The first-order valence-corrected chi connectivity index (χ1v) is 9.43. The number of hydrogen-bond donors (Lipinski definition) is 1. The van der Waals surface area contributed by atoms with E-state index in [0.29, 0.717) is 19.7 Å². The molecule has 0 spiro atoms. The molecule has 0 bridgehead atoms. The van der Waals surface area contributed by atoms with E-state index in [0.717, 1.165) is 22.0 Å². The van der Waals surface area contributed by atoms with Gasteiger partial charge in [0.05, 0.1) is 6.42 Å². The number of nitrogens with one attached hydrogen (secondary N) is 1. The highest BCUT2D eigenvalue weighted by molar-refractivity contribution is 6.03. The Bertz CT molecular complexity index is 982. The third kappa shape index (κ3) is 4.05. The van der Waals surface area contributed by atoms with E-state index in [2.05, 4.69) is 5.32 Å². The Morgan fingerprint density at radius 2 is 1.75 bits per heavy atom. The SMILES string of the molecule is O=C(C[C@H]1C(=O)OCCN1Cc1ccccc1)Nc1cccc2ccccc12. The van der Waals surface area contributed by atoms with Gasteiger partial charge in [0.25, 0.3) is 0 Å². The van der Waals surface area contributed by atoms with Gasteiger partial charge in [0, 0.05) is 24.2 Å². The number of nitrogens with zero attached hydrogens (tertiary/aromatic N) is 1. The molecular weight excluding hydrogens is 352 g/mol. The number of ether oxygens (including phenoxy) is 1. The molecule has 0 aromatic heterocycles. The first-order valence-electron chi connectivity index (χ1n) is 9.43. The molecule has 28 heavy (non-hydrogen) atoms. The molecule has 1 saturated heterocycles. The molecule has 1 N–H and O–H groups in total. The topological polar surface area (TPSA) is 58.6 Å². The van der Waals surface area contributed by atoms with Crippen molar-refractivity contribution in [2.24, 2.45) is 0 Å². The standard InChI is InChI=1S/C23H22N2O3/c26-22(24-20-12-6-10-18-9-4-5-11-19(18)20)15-21-23(27)28-14-13-25(21)16-17-7-2-1-3-8-17/h1-12,21H,13-16H2,(H,24,26)/t21-/m0/s1. The molecule has 1 heterocycles. The van der Waals surface area contributed by atoms with Crippen molar-refractivity contribution in [3.8, 4) is 0 Å². The van der Waals surface area contributed by atoms with Crippen LogP contribution >= 0.6 is 0 Å². The zero-order valence-electron chi connectivity index (χ0n) is 15.5. The normalized spacial score (nSPS) is 17.3. The Balaban J connectivity index is 1.48. The molecule has 3 aromatic rings. The molecule has 3 aromatic carbocycles. The van der Waals surface area contributed by atoms with Gasteiger partial charge in [0.2, 0.25) is 5.91 Å². The van der Waals surface area contributed by atoms with Crippen LogP contribution in [0.5, 0.6) is 0 Å². The molecule has 1 aliphatic heterocycles. The fourth-order valence-corrected chi connectivity index (χ4v) is 3.60. The van der Waals surface area contributed by atoms with E-state index < -0.39 is 6.04 Å². The van der Waals surface area contributed by atoms with Crippen LogP contribution in [0.4, 0.5) is 5.69 Å². The van der Waals surface area contributed by atoms with E-state index in [1.54, 1.807) is 0 Å². The zero-order chi connectivity index (χ0) is 19.3. The molecule has 1 amide bonds. The van der Waals surface area contributed by atoms with Crippen LogP contribution in [0.25, 0.3) is 10.8 Å². The van der Waals surface area contributed by atoms with E-state index >= 15 is 0 Å². The summed E-state index contributed by atoms with van der Waals surface area (Å²) < 4.78 is 5.22. The lowest BCUT2D eigenvalue weighted by Gasteiger charge is -2.33. The van der Waals surface area contributed by atoms with E-state index in [-0.39, 0.29) is 18.3 Å². The van der Waals surface area contributed by atoms with Crippen LogP contribution in [-0.2, 0) is 20.9 Å². The van der Waals surface area contributed by atoms with Crippen molar-refractivity contribution in [2.45, 2.75) is 19.0 Å². The van der Waals surface area contributed by atoms with Crippen LogP contribution in [-0.4, -0.2) is 36.0 Å². The number of rotatable bonds is 5. The van der Waals surface area contributed by atoms with Gasteiger partial charge in [-0.25, -0.2) is 0 Å². The predicted octanol–water partition coefficient (Wildman–Crippen LogP) is 3.60. The van der Waals surface area contributed by atoms with Crippen molar-refractivity contribution < 1.29 is 14.3 Å². The summed E-state index contributed by atoms with van der Waals surface area (Å²) >= 11 is 0. The number of morpholine rings is 1. The fraction of sp³-hybridized carbons (Fsp3) is 0.217. The number of amides is 1. The quantitative estimate of drug-likeness (QED) is 0.694. The van der Waals surface area contributed by atoms with Crippen LogP contribution in [0.2, 0.25) is 0 Å². The van der Waals surface area contributed by atoms with Crippen molar-refractivity contribution in [1.82, 2.24) is 4.90 Å². The molecule has 1 atom stereocenters. The second-order valence-corrected chi connectivity index (χ2v) is 6.92. The van der Waals surface area contributed by atoms with Crippen molar-refractivity contribution >= 4 is 28.3 Å². The Hall–Kier alpha value is -3.18. The number of carbonyl (C=O) groups is 2. The molecule has 0 saturated carbocycles. The Morgan fingerprint density at radius 1 is 1.00 bits per heavy atom. The number of esters is 1. The first kappa shape index (κ1) is 18.2. The van der Waals surface area contributed by atoms with Crippen molar-refractivity contribution in [2.75, 3.05) is 18.5 Å². The first-order chi connectivity index (χ1) is 13.7. The molecule has 0 radical (unpaired) electrons. The maximum Gasteiger partial charge on any atom is 0.323 e. The summed E-state index contributed by atoms with van der Waals surface area (Å²) in [6, 6.07) is 23.0. The lowest BCUT2D eigenvalue weighted by molar-refractivity contribution is -0.159. The van der Waals surface area contributed by atoms with Gasteiger partial charge >= 0.3 is 5.97 Å². The van der Waals surface area contributed by atoms with E-state index in [4.69, 9.17) is 4.74 Å². The minimum Gasteiger partial charge on any atom is -0.463 e. The summed E-state index contributed by atoms with van der Waals surface area (Å²) in [5.74, 6) is -0.534. The minimum absolute atomic E-state index is 0.0644. The van der Waals surface area contributed by atoms with Gasteiger partial charge in [-0.15, -0.1) is 0 Å². The third-order valence-electron chi connectivity index (χ3n) is 5.01. The third-order valence-corrected chi connectivity index (χ3v) is 5.01. The average Bonchev–Trinajstić information content (AvgIpc) is 2.72.